The monoisotopic (exact) mass is 302 g/mol. The van der Waals surface area contributed by atoms with Gasteiger partial charge in [0, 0.05) is 17.0 Å². The lowest BCUT2D eigenvalue weighted by Gasteiger charge is -2.15. The molecule has 0 atom stereocenters. The molecule has 1 saturated carbocycles. The van der Waals surface area contributed by atoms with E-state index in [1.807, 2.05) is 6.92 Å². The van der Waals surface area contributed by atoms with Gasteiger partial charge in [-0.25, -0.2) is 9.97 Å². The van der Waals surface area contributed by atoms with E-state index in [4.69, 9.17) is 21.3 Å². The topological polar surface area (TPSA) is 35.0 Å². The molecule has 0 spiro atoms. The Morgan fingerprint density at radius 1 is 1.10 bits per heavy atom. The molecule has 110 valence electrons. The molecule has 0 unspecified atom stereocenters. The van der Waals surface area contributed by atoms with Gasteiger partial charge in [-0.1, -0.05) is 17.7 Å². The highest BCUT2D eigenvalue weighted by Gasteiger charge is 2.28. The first kappa shape index (κ1) is 14.3. The first-order chi connectivity index (χ1) is 10.0. The zero-order valence-corrected chi connectivity index (χ0v) is 13.6. The molecule has 3 rings (SSSR count). The zero-order valence-electron chi connectivity index (χ0n) is 12.8. The van der Waals surface area contributed by atoms with Crippen LogP contribution in [0.1, 0.15) is 41.3 Å². The van der Waals surface area contributed by atoms with Crippen LogP contribution in [0.5, 0.6) is 5.75 Å². The van der Waals surface area contributed by atoms with E-state index >= 15 is 0 Å². The van der Waals surface area contributed by atoms with Crippen LogP contribution in [0.2, 0.25) is 5.15 Å². The van der Waals surface area contributed by atoms with Crippen molar-refractivity contribution in [3.05, 3.63) is 39.8 Å². The van der Waals surface area contributed by atoms with Crippen LogP contribution >= 0.6 is 11.6 Å². The second-order valence-corrected chi connectivity index (χ2v) is 6.07. The number of aryl methyl sites for hydroxylation is 1. The lowest BCUT2D eigenvalue weighted by molar-refractivity contribution is 0.413. The predicted octanol–water partition coefficient (Wildman–Crippen LogP) is 4.61. The molecule has 1 aromatic carbocycles. The standard InChI is InChI=1S/C17H19ClN2O/c1-9-5-8-13(15(21-4)10(9)2)14-11(3)16(18)20-17(19-14)12-6-7-12/h5,8,12H,6-7H2,1-4H3. The Kier molecular flexibility index (Phi) is 3.62. The number of methoxy groups -OCH3 is 1. The van der Waals surface area contributed by atoms with Crippen LogP contribution in [-0.2, 0) is 0 Å². The molecular formula is C17H19ClN2O. The quantitative estimate of drug-likeness (QED) is 0.777. The summed E-state index contributed by atoms with van der Waals surface area (Å²) in [5.74, 6) is 2.20. The summed E-state index contributed by atoms with van der Waals surface area (Å²) in [6, 6.07) is 4.16. The number of benzene rings is 1. The molecule has 2 aromatic rings. The number of halogens is 1. The van der Waals surface area contributed by atoms with Gasteiger partial charge in [0.1, 0.15) is 16.7 Å². The number of rotatable bonds is 3. The van der Waals surface area contributed by atoms with Crippen molar-refractivity contribution in [3.8, 4) is 17.0 Å². The van der Waals surface area contributed by atoms with Crippen LogP contribution in [0.25, 0.3) is 11.3 Å². The Hall–Kier alpha value is -1.61. The molecule has 1 aliphatic carbocycles. The summed E-state index contributed by atoms with van der Waals surface area (Å²) in [7, 11) is 1.70. The minimum Gasteiger partial charge on any atom is -0.496 e. The van der Waals surface area contributed by atoms with Gasteiger partial charge in [0.25, 0.3) is 0 Å². The van der Waals surface area contributed by atoms with Gasteiger partial charge in [-0.05, 0) is 50.8 Å². The van der Waals surface area contributed by atoms with Crippen molar-refractivity contribution in [2.75, 3.05) is 7.11 Å². The van der Waals surface area contributed by atoms with Crippen molar-refractivity contribution in [2.24, 2.45) is 0 Å². The van der Waals surface area contributed by atoms with Crippen LogP contribution in [-0.4, -0.2) is 17.1 Å². The second-order valence-electron chi connectivity index (χ2n) is 5.71. The summed E-state index contributed by atoms with van der Waals surface area (Å²) in [6.45, 7) is 6.11. The average molecular weight is 303 g/mol. The molecule has 0 radical (unpaired) electrons. The smallest absolute Gasteiger partial charge is 0.136 e. The third-order valence-electron chi connectivity index (χ3n) is 4.18. The number of aromatic nitrogens is 2. The van der Waals surface area contributed by atoms with Crippen molar-refractivity contribution < 1.29 is 4.74 Å². The van der Waals surface area contributed by atoms with Crippen molar-refractivity contribution in [2.45, 2.75) is 39.5 Å². The van der Waals surface area contributed by atoms with Crippen molar-refractivity contribution in [1.29, 1.82) is 0 Å². The van der Waals surface area contributed by atoms with Gasteiger partial charge < -0.3 is 4.74 Å². The first-order valence-corrected chi connectivity index (χ1v) is 7.59. The molecule has 0 bridgehead atoms. The van der Waals surface area contributed by atoms with E-state index in [1.165, 1.54) is 5.56 Å². The Balaban J connectivity index is 2.22. The van der Waals surface area contributed by atoms with E-state index in [1.54, 1.807) is 7.11 Å². The molecular weight excluding hydrogens is 284 g/mol. The molecule has 1 heterocycles. The maximum Gasteiger partial charge on any atom is 0.136 e. The second kappa shape index (κ2) is 5.30. The lowest BCUT2D eigenvalue weighted by atomic mass is 10.00. The number of nitrogens with zero attached hydrogens (tertiary/aromatic N) is 2. The molecule has 0 saturated heterocycles. The maximum absolute atomic E-state index is 6.32. The highest BCUT2D eigenvalue weighted by molar-refractivity contribution is 6.30. The number of hydrogen-bond acceptors (Lipinski definition) is 3. The third kappa shape index (κ3) is 2.51. The minimum atomic E-state index is 0.472. The average Bonchev–Trinajstić information content (AvgIpc) is 3.29. The molecule has 0 N–H and O–H groups in total. The van der Waals surface area contributed by atoms with E-state index in [2.05, 4.69) is 31.0 Å². The van der Waals surface area contributed by atoms with Gasteiger partial charge in [0.2, 0.25) is 0 Å². The number of hydrogen-bond donors (Lipinski definition) is 0. The zero-order chi connectivity index (χ0) is 15.1. The Bertz CT molecular complexity index is 708. The molecule has 3 nitrogen and oxygen atoms in total. The molecule has 1 aromatic heterocycles. The summed E-state index contributed by atoms with van der Waals surface area (Å²) in [6.07, 6.45) is 2.31. The van der Waals surface area contributed by atoms with Crippen LogP contribution in [0, 0.1) is 20.8 Å². The van der Waals surface area contributed by atoms with Gasteiger partial charge in [0.05, 0.1) is 12.8 Å². The fourth-order valence-electron chi connectivity index (χ4n) is 2.53. The van der Waals surface area contributed by atoms with Crippen molar-refractivity contribution >= 4 is 11.6 Å². The van der Waals surface area contributed by atoms with E-state index < -0.39 is 0 Å². The largest absolute Gasteiger partial charge is 0.496 e. The molecule has 0 aliphatic heterocycles. The minimum absolute atomic E-state index is 0.472. The fourth-order valence-corrected chi connectivity index (χ4v) is 2.71. The van der Waals surface area contributed by atoms with Crippen molar-refractivity contribution in [3.63, 3.8) is 0 Å². The lowest BCUT2D eigenvalue weighted by Crippen LogP contribution is -2.02. The molecule has 0 amide bonds. The maximum atomic E-state index is 6.32. The van der Waals surface area contributed by atoms with E-state index in [9.17, 15) is 0 Å². The predicted molar refractivity (Wildman–Crippen MR) is 85.2 cm³/mol. The van der Waals surface area contributed by atoms with Gasteiger partial charge in [-0.15, -0.1) is 0 Å². The Morgan fingerprint density at radius 2 is 1.81 bits per heavy atom. The summed E-state index contributed by atoms with van der Waals surface area (Å²) in [5.41, 5.74) is 5.12. The third-order valence-corrected chi connectivity index (χ3v) is 4.55. The Morgan fingerprint density at radius 3 is 2.43 bits per heavy atom. The van der Waals surface area contributed by atoms with E-state index in [0.29, 0.717) is 11.1 Å². The summed E-state index contributed by atoms with van der Waals surface area (Å²) < 4.78 is 5.62. The fraction of sp³-hybridized carbons (Fsp3) is 0.412. The van der Waals surface area contributed by atoms with Crippen LogP contribution < -0.4 is 4.74 Å². The van der Waals surface area contributed by atoms with Gasteiger partial charge in [-0.3, -0.25) is 0 Å². The van der Waals surface area contributed by atoms with Crippen LogP contribution in [0.3, 0.4) is 0 Å². The summed E-state index contributed by atoms with van der Waals surface area (Å²) in [4.78, 5) is 9.20. The van der Waals surface area contributed by atoms with Crippen LogP contribution in [0.15, 0.2) is 12.1 Å². The van der Waals surface area contributed by atoms with E-state index in [-0.39, 0.29) is 0 Å². The highest BCUT2D eigenvalue weighted by atomic mass is 35.5. The number of ether oxygens (including phenoxy) is 1. The van der Waals surface area contributed by atoms with Crippen LogP contribution in [0.4, 0.5) is 0 Å². The van der Waals surface area contributed by atoms with Crippen molar-refractivity contribution in [1.82, 2.24) is 9.97 Å². The normalized spacial score (nSPS) is 14.3. The summed E-state index contributed by atoms with van der Waals surface area (Å²) in [5, 5.41) is 0.544. The molecule has 4 heteroatoms. The van der Waals surface area contributed by atoms with Gasteiger partial charge in [0.15, 0.2) is 0 Å². The molecule has 1 aliphatic rings. The Labute approximate surface area is 130 Å². The summed E-state index contributed by atoms with van der Waals surface area (Å²) >= 11 is 6.32. The molecule has 1 fully saturated rings. The van der Waals surface area contributed by atoms with Gasteiger partial charge in [-0.2, -0.15) is 0 Å². The SMILES string of the molecule is COc1c(-c2nc(C3CC3)nc(Cl)c2C)ccc(C)c1C. The molecule has 21 heavy (non-hydrogen) atoms. The van der Waals surface area contributed by atoms with E-state index in [0.717, 1.165) is 46.8 Å². The highest BCUT2D eigenvalue weighted by Crippen LogP contribution is 2.42. The first-order valence-electron chi connectivity index (χ1n) is 7.21. The van der Waals surface area contributed by atoms with Gasteiger partial charge >= 0.3 is 0 Å².